The SMILES string of the molecule is Nc1ccc(C2(C(O)c3c(C4CC4)sc4cncn34)C=NN=N2)cc1. The third kappa shape index (κ3) is 2.14. The van der Waals surface area contributed by atoms with Crippen LogP contribution >= 0.6 is 11.3 Å². The standard InChI is InChI=1S/C17H16N6OS/c18-12-5-3-11(4-6-12)17(8-20-22-21-17)16(24)14-15(10-1-2-10)25-13-7-19-9-23(13)14/h3-10,16,24H,1-2,18H2. The predicted molar refractivity (Wildman–Crippen MR) is 95.9 cm³/mol. The summed E-state index contributed by atoms with van der Waals surface area (Å²) in [5.41, 5.74) is 7.07. The molecule has 0 radical (unpaired) electrons. The molecule has 2 aliphatic rings. The monoisotopic (exact) mass is 352 g/mol. The highest BCUT2D eigenvalue weighted by atomic mass is 32.1. The topological polar surface area (TPSA) is 101 Å². The van der Waals surface area contributed by atoms with Crippen molar-refractivity contribution in [3.63, 3.8) is 0 Å². The number of nitrogens with zero attached hydrogens (tertiary/aromatic N) is 5. The molecule has 1 aliphatic heterocycles. The average Bonchev–Trinajstić information content (AvgIpc) is 3.04. The number of nitrogen functional groups attached to an aromatic ring is 1. The van der Waals surface area contributed by atoms with Crippen LogP contribution in [0.3, 0.4) is 0 Å². The second kappa shape index (κ2) is 5.21. The zero-order valence-electron chi connectivity index (χ0n) is 13.3. The predicted octanol–water partition coefficient (Wildman–Crippen LogP) is 3.24. The maximum atomic E-state index is 11.4. The van der Waals surface area contributed by atoms with Gasteiger partial charge in [0.15, 0.2) is 5.54 Å². The molecule has 0 amide bonds. The Morgan fingerprint density at radius 2 is 2.08 bits per heavy atom. The van der Waals surface area contributed by atoms with Gasteiger partial charge in [-0.25, -0.2) is 4.98 Å². The van der Waals surface area contributed by atoms with Gasteiger partial charge in [-0.3, -0.25) is 4.40 Å². The van der Waals surface area contributed by atoms with Gasteiger partial charge in [0, 0.05) is 10.6 Å². The van der Waals surface area contributed by atoms with Crippen LogP contribution in [-0.2, 0) is 5.54 Å². The van der Waals surface area contributed by atoms with Crippen molar-refractivity contribution in [3.05, 3.63) is 52.9 Å². The first-order chi connectivity index (χ1) is 12.2. The Kier molecular flexibility index (Phi) is 3.07. The molecule has 1 aliphatic carbocycles. The van der Waals surface area contributed by atoms with Crippen LogP contribution in [-0.4, -0.2) is 20.7 Å². The summed E-state index contributed by atoms with van der Waals surface area (Å²) in [6, 6.07) is 7.33. The number of aliphatic hydroxyl groups is 1. The summed E-state index contributed by atoms with van der Waals surface area (Å²) in [5, 5.41) is 23.5. The van der Waals surface area contributed by atoms with Gasteiger partial charge in [-0.05, 0) is 41.7 Å². The van der Waals surface area contributed by atoms with Crippen LogP contribution in [0.4, 0.5) is 5.69 Å². The van der Waals surface area contributed by atoms with E-state index in [1.165, 1.54) is 4.88 Å². The number of thiazole rings is 1. The second-order valence-electron chi connectivity index (χ2n) is 6.51. The molecular weight excluding hydrogens is 336 g/mol. The van der Waals surface area contributed by atoms with Gasteiger partial charge >= 0.3 is 0 Å². The molecule has 3 N–H and O–H groups in total. The minimum Gasteiger partial charge on any atom is -0.399 e. The molecule has 7 nitrogen and oxygen atoms in total. The lowest BCUT2D eigenvalue weighted by atomic mass is 9.84. The highest BCUT2D eigenvalue weighted by Gasteiger charge is 2.46. The number of hydrogen-bond acceptors (Lipinski definition) is 7. The van der Waals surface area contributed by atoms with Crippen molar-refractivity contribution in [2.45, 2.75) is 30.4 Å². The maximum Gasteiger partial charge on any atom is 0.177 e. The molecule has 0 saturated heterocycles. The Morgan fingerprint density at radius 3 is 2.76 bits per heavy atom. The summed E-state index contributed by atoms with van der Waals surface area (Å²) in [4.78, 5) is 6.44. The van der Waals surface area contributed by atoms with E-state index in [-0.39, 0.29) is 0 Å². The number of aliphatic hydroxyl groups excluding tert-OH is 1. The van der Waals surface area contributed by atoms with Gasteiger partial charge in [0.05, 0.1) is 18.1 Å². The van der Waals surface area contributed by atoms with Crippen molar-refractivity contribution in [2.75, 3.05) is 5.73 Å². The van der Waals surface area contributed by atoms with Gasteiger partial charge in [0.2, 0.25) is 0 Å². The van der Waals surface area contributed by atoms with Gasteiger partial charge in [-0.1, -0.05) is 12.1 Å². The molecule has 2 aromatic heterocycles. The van der Waals surface area contributed by atoms with Crippen molar-refractivity contribution in [1.82, 2.24) is 9.38 Å². The van der Waals surface area contributed by atoms with Crippen LogP contribution in [0, 0.1) is 0 Å². The summed E-state index contributed by atoms with van der Waals surface area (Å²) in [5.74, 6) is 0.508. The lowest BCUT2D eigenvalue weighted by molar-refractivity contribution is 0.116. The number of hydrogen-bond donors (Lipinski definition) is 2. The first kappa shape index (κ1) is 14.7. The Balaban J connectivity index is 1.69. The lowest BCUT2D eigenvalue weighted by Gasteiger charge is -2.28. The number of benzene rings is 1. The minimum absolute atomic E-state index is 0.508. The molecule has 3 heterocycles. The fourth-order valence-corrected chi connectivity index (χ4v) is 4.64. The van der Waals surface area contributed by atoms with E-state index in [0.717, 1.165) is 28.9 Å². The molecule has 2 unspecified atom stereocenters. The van der Waals surface area contributed by atoms with Crippen molar-refractivity contribution >= 4 is 28.1 Å². The zero-order chi connectivity index (χ0) is 17.0. The molecule has 1 aromatic carbocycles. The normalized spacial score (nSPS) is 23.6. The van der Waals surface area contributed by atoms with E-state index in [0.29, 0.717) is 11.6 Å². The Morgan fingerprint density at radius 1 is 1.28 bits per heavy atom. The average molecular weight is 352 g/mol. The fourth-order valence-electron chi connectivity index (χ4n) is 3.34. The number of aromatic nitrogens is 2. The molecule has 8 heteroatoms. The Labute approximate surface area is 147 Å². The minimum atomic E-state index is -1.05. The smallest absolute Gasteiger partial charge is 0.177 e. The van der Waals surface area contributed by atoms with Crippen LogP contribution in [0.2, 0.25) is 0 Å². The van der Waals surface area contributed by atoms with E-state index >= 15 is 0 Å². The molecule has 2 atom stereocenters. The number of nitrogens with two attached hydrogens (primary N) is 1. The van der Waals surface area contributed by atoms with Crippen molar-refractivity contribution in [2.24, 2.45) is 15.4 Å². The van der Waals surface area contributed by atoms with Gasteiger partial charge < -0.3 is 10.8 Å². The third-order valence-electron chi connectivity index (χ3n) is 4.84. The maximum absolute atomic E-state index is 11.4. The molecule has 0 bridgehead atoms. The Hall–Kier alpha value is -2.58. The van der Waals surface area contributed by atoms with E-state index in [2.05, 4.69) is 20.4 Å². The molecule has 126 valence electrons. The number of imidazole rings is 1. The molecule has 5 rings (SSSR count). The van der Waals surface area contributed by atoms with Crippen molar-refractivity contribution in [3.8, 4) is 0 Å². The van der Waals surface area contributed by atoms with E-state index in [4.69, 9.17) is 5.73 Å². The summed E-state index contributed by atoms with van der Waals surface area (Å²) in [6.07, 6.45) is 6.58. The van der Waals surface area contributed by atoms with E-state index in [1.54, 1.807) is 36.0 Å². The van der Waals surface area contributed by atoms with Crippen LogP contribution in [0.1, 0.15) is 41.0 Å². The van der Waals surface area contributed by atoms with Gasteiger partial charge in [-0.2, -0.15) is 0 Å². The molecular formula is C17H16N6OS. The highest BCUT2D eigenvalue weighted by Crippen LogP contribution is 2.50. The summed E-state index contributed by atoms with van der Waals surface area (Å²) in [7, 11) is 0. The number of anilines is 1. The quantitative estimate of drug-likeness (QED) is 0.705. The van der Waals surface area contributed by atoms with Crippen molar-refractivity contribution in [1.29, 1.82) is 0 Å². The van der Waals surface area contributed by atoms with E-state index in [1.807, 2.05) is 22.7 Å². The van der Waals surface area contributed by atoms with E-state index in [9.17, 15) is 5.11 Å². The summed E-state index contributed by atoms with van der Waals surface area (Å²) < 4.78 is 1.96. The van der Waals surface area contributed by atoms with Gasteiger partial charge in [-0.15, -0.1) is 21.6 Å². The van der Waals surface area contributed by atoms with Gasteiger partial charge in [0.25, 0.3) is 0 Å². The van der Waals surface area contributed by atoms with Crippen LogP contribution in [0.5, 0.6) is 0 Å². The zero-order valence-corrected chi connectivity index (χ0v) is 14.1. The number of fused-ring (bicyclic) bond motifs is 1. The first-order valence-electron chi connectivity index (χ1n) is 8.14. The molecule has 0 spiro atoms. The molecule has 1 fully saturated rings. The highest BCUT2D eigenvalue weighted by molar-refractivity contribution is 7.17. The van der Waals surface area contributed by atoms with E-state index < -0.39 is 11.6 Å². The summed E-state index contributed by atoms with van der Waals surface area (Å²) in [6.45, 7) is 0. The number of rotatable bonds is 4. The van der Waals surface area contributed by atoms with Gasteiger partial charge in [0.1, 0.15) is 17.3 Å². The van der Waals surface area contributed by atoms with Crippen LogP contribution in [0.15, 0.2) is 52.2 Å². The van der Waals surface area contributed by atoms with Crippen LogP contribution in [0.25, 0.3) is 4.83 Å². The fraction of sp³-hybridized carbons (Fsp3) is 0.294. The second-order valence-corrected chi connectivity index (χ2v) is 7.57. The Bertz CT molecular complexity index is 986. The largest absolute Gasteiger partial charge is 0.399 e. The first-order valence-corrected chi connectivity index (χ1v) is 8.96. The molecule has 1 saturated carbocycles. The lowest BCUT2D eigenvalue weighted by Crippen LogP contribution is -2.33. The molecule has 3 aromatic rings. The summed E-state index contributed by atoms with van der Waals surface area (Å²) >= 11 is 1.69. The van der Waals surface area contributed by atoms with Crippen molar-refractivity contribution < 1.29 is 5.11 Å². The third-order valence-corrected chi connectivity index (χ3v) is 6.12. The van der Waals surface area contributed by atoms with Crippen LogP contribution < -0.4 is 5.73 Å². The molecule has 25 heavy (non-hydrogen) atoms.